The second-order valence-electron chi connectivity index (χ2n) is 3.91. The van der Waals surface area contributed by atoms with E-state index in [9.17, 15) is 4.79 Å². The molecule has 2 aromatic heterocycles. The molecule has 0 unspecified atom stereocenters. The summed E-state index contributed by atoms with van der Waals surface area (Å²) in [7, 11) is 0. The highest BCUT2D eigenvalue weighted by Crippen LogP contribution is 2.14. The van der Waals surface area contributed by atoms with Crippen LogP contribution in [-0.2, 0) is 0 Å². The van der Waals surface area contributed by atoms with Crippen LogP contribution in [-0.4, -0.2) is 33.6 Å². The van der Waals surface area contributed by atoms with Gasteiger partial charge in [0.15, 0.2) is 0 Å². The Balaban J connectivity index is 2.50. The Kier molecular flexibility index (Phi) is 3.10. The van der Waals surface area contributed by atoms with E-state index in [1.54, 1.807) is 11.3 Å². The zero-order chi connectivity index (χ0) is 12.4. The van der Waals surface area contributed by atoms with Crippen LogP contribution in [0, 0.1) is 13.8 Å². The highest BCUT2D eigenvalue weighted by Gasteiger charge is 2.16. The van der Waals surface area contributed by atoms with Crippen molar-refractivity contribution in [3.8, 4) is 0 Å². The van der Waals surface area contributed by atoms with Crippen LogP contribution < -0.4 is 5.32 Å². The SMILES string of the molecule is Cc1nc2c(C)cccn2c1C(=O)NCCO. The molecule has 2 rings (SSSR count). The van der Waals surface area contributed by atoms with Crippen LogP contribution in [0.4, 0.5) is 0 Å². The van der Waals surface area contributed by atoms with Gasteiger partial charge in [0.1, 0.15) is 11.3 Å². The normalized spacial score (nSPS) is 10.8. The summed E-state index contributed by atoms with van der Waals surface area (Å²) >= 11 is 0. The minimum Gasteiger partial charge on any atom is -0.395 e. The van der Waals surface area contributed by atoms with Crippen LogP contribution >= 0.6 is 0 Å². The van der Waals surface area contributed by atoms with Crippen molar-refractivity contribution in [1.82, 2.24) is 14.7 Å². The monoisotopic (exact) mass is 233 g/mol. The Morgan fingerprint density at radius 3 is 3.00 bits per heavy atom. The summed E-state index contributed by atoms with van der Waals surface area (Å²) in [5.41, 5.74) is 3.03. The van der Waals surface area contributed by atoms with Gasteiger partial charge in [-0.1, -0.05) is 6.07 Å². The minimum absolute atomic E-state index is 0.0689. The van der Waals surface area contributed by atoms with Crippen molar-refractivity contribution in [1.29, 1.82) is 0 Å². The van der Waals surface area contributed by atoms with Crippen molar-refractivity contribution in [2.45, 2.75) is 13.8 Å². The highest BCUT2D eigenvalue weighted by molar-refractivity contribution is 5.94. The first-order chi connectivity index (χ1) is 8.15. The van der Waals surface area contributed by atoms with Gasteiger partial charge in [0.2, 0.25) is 0 Å². The molecule has 90 valence electrons. The number of aliphatic hydroxyl groups excluding tert-OH is 1. The second kappa shape index (κ2) is 4.55. The molecule has 0 fully saturated rings. The van der Waals surface area contributed by atoms with Crippen LogP contribution in [0.5, 0.6) is 0 Å². The fourth-order valence-electron chi connectivity index (χ4n) is 1.84. The number of aliphatic hydroxyl groups is 1. The highest BCUT2D eigenvalue weighted by atomic mass is 16.3. The molecule has 0 atom stereocenters. The van der Waals surface area contributed by atoms with Crippen molar-refractivity contribution in [2.24, 2.45) is 0 Å². The standard InChI is InChI=1S/C12H15N3O2/c1-8-4-3-6-15-10(9(2)14-11(8)15)12(17)13-5-7-16/h3-4,6,16H,5,7H2,1-2H3,(H,13,17). The predicted octanol–water partition coefficient (Wildman–Crippen LogP) is 0.673. The third-order valence-electron chi connectivity index (χ3n) is 2.63. The number of imidazole rings is 1. The molecule has 0 saturated carbocycles. The van der Waals surface area contributed by atoms with Crippen LogP contribution in [0.1, 0.15) is 21.7 Å². The smallest absolute Gasteiger partial charge is 0.270 e. The lowest BCUT2D eigenvalue weighted by molar-refractivity contribution is 0.0938. The quantitative estimate of drug-likeness (QED) is 0.819. The molecule has 2 aromatic rings. The van der Waals surface area contributed by atoms with Crippen molar-refractivity contribution in [2.75, 3.05) is 13.2 Å². The molecule has 0 aromatic carbocycles. The van der Waals surface area contributed by atoms with Gasteiger partial charge in [-0.05, 0) is 25.5 Å². The molecule has 17 heavy (non-hydrogen) atoms. The molecule has 1 amide bonds. The molecular formula is C12H15N3O2. The molecule has 5 nitrogen and oxygen atoms in total. The number of fused-ring (bicyclic) bond motifs is 1. The zero-order valence-electron chi connectivity index (χ0n) is 9.90. The van der Waals surface area contributed by atoms with E-state index >= 15 is 0 Å². The number of hydrogen-bond donors (Lipinski definition) is 2. The van der Waals surface area contributed by atoms with Gasteiger partial charge in [-0.2, -0.15) is 0 Å². The number of amides is 1. The van der Waals surface area contributed by atoms with Crippen LogP contribution in [0.3, 0.4) is 0 Å². The molecule has 0 radical (unpaired) electrons. The third-order valence-corrected chi connectivity index (χ3v) is 2.63. The summed E-state index contributed by atoms with van der Waals surface area (Å²) in [4.78, 5) is 16.3. The van der Waals surface area contributed by atoms with E-state index in [-0.39, 0.29) is 19.1 Å². The molecule has 2 heterocycles. The topological polar surface area (TPSA) is 66.6 Å². The first-order valence-corrected chi connectivity index (χ1v) is 5.48. The van der Waals surface area contributed by atoms with E-state index in [0.717, 1.165) is 11.2 Å². The number of nitrogens with zero attached hydrogens (tertiary/aromatic N) is 2. The number of aryl methyl sites for hydroxylation is 2. The van der Waals surface area contributed by atoms with E-state index in [2.05, 4.69) is 10.3 Å². The van der Waals surface area contributed by atoms with Gasteiger partial charge in [-0.3, -0.25) is 9.20 Å². The molecule has 5 heteroatoms. The first-order valence-electron chi connectivity index (χ1n) is 5.48. The fraction of sp³-hybridized carbons (Fsp3) is 0.333. The van der Waals surface area contributed by atoms with Crippen molar-refractivity contribution >= 4 is 11.6 Å². The molecule has 2 N–H and O–H groups in total. The van der Waals surface area contributed by atoms with Crippen LogP contribution in [0.2, 0.25) is 0 Å². The van der Waals surface area contributed by atoms with E-state index < -0.39 is 0 Å². The second-order valence-corrected chi connectivity index (χ2v) is 3.91. The molecule has 0 aliphatic heterocycles. The van der Waals surface area contributed by atoms with Crippen molar-refractivity contribution in [3.05, 3.63) is 35.3 Å². The summed E-state index contributed by atoms with van der Waals surface area (Å²) in [6.07, 6.45) is 1.82. The van der Waals surface area contributed by atoms with Crippen LogP contribution in [0.25, 0.3) is 5.65 Å². The minimum atomic E-state index is -0.213. The van der Waals surface area contributed by atoms with Gasteiger partial charge >= 0.3 is 0 Å². The predicted molar refractivity (Wildman–Crippen MR) is 64.1 cm³/mol. The van der Waals surface area contributed by atoms with Crippen LogP contribution in [0.15, 0.2) is 18.3 Å². The Morgan fingerprint density at radius 1 is 1.53 bits per heavy atom. The van der Waals surface area contributed by atoms with E-state index in [0.29, 0.717) is 11.4 Å². The summed E-state index contributed by atoms with van der Waals surface area (Å²) in [5, 5.41) is 11.3. The zero-order valence-corrected chi connectivity index (χ0v) is 9.90. The lowest BCUT2D eigenvalue weighted by Gasteiger charge is -2.04. The Bertz CT molecular complexity index is 560. The number of aromatic nitrogens is 2. The van der Waals surface area contributed by atoms with Gasteiger partial charge in [-0.15, -0.1) is 0 Å². The fourth-order valence-corrected chi connectivity index (χ4v) is 1.84. The molecule has 0 aliphatic rings. The van der Waals surface area contributed by atoms with E-state index in [1.807, 2.05) is 25.3 Å². The average Bonchev–Trinajstić information content (AvgIpc) is 2.64. The maximum Gasteiger partial charge on any atom is 0.270 e. The van der Waals surface area contributed by atoms with Gasteiger partial charge in [0.05, 0.1) is 12.3 Å². The Labute approximate surface area is 99.1 Å². The first kappa shape index (κ1) is 11.6. The summed E-state index contributed by atoms with van der Waals surface area (Å²) in [5.74, 6) is -0.213. The number of hydrogen-bond acceptors (Lipinski definition) is 3. The number of carbonyl (C=O) groups excluding carboxylic acids is 1. The van der Waals surface area contributed by atoms with Gasteiger partial charge in [0, 0.05) is 12.7 Å². The van der Waals surface area contributed by atoms with Gasteiger partial charge in [-0.25, -0.2) is 4.98 Å². The Morgan fingerprint density at radius 2 is 2.29 bits per heavy atom. The number of nitrogens with one attached hydrogen (secondary N) is 1. The lowest BCUT2D eigenvalue weighted by atomic mass is 10.3. The number of pyridine rings is 1. The molecule has 0 saturated heterocycles. The van der Waals surface area contributed by atoms with Crippen molar-refractivity contribution < 1.29 is 9.90 Å². The van der Waals surface area contributed by atoms with Gasteiger partial charge in [0.25, 0.3) is 5.91 Å². The summed E-state index contributed by atoms with van der Waals surface area (Å²) < 4.78 is 1.78. The molecule has 0 aliphatic carbocycles. The third kappa shape index (κ3) is 2.01. The number of carbonyl (C=O) groups is 1. The average molecular weight is 233 g/mol. The molecular weight excluding hydrogens is 218 g/mol. The largest absolute Gasteiger partial charge is 0.395 e. The molecule has 0 spiro atoms. The summed E-state index contributed by atoms with van der Waals surface area (Å²) in [6, 6.07) is 3.84. The van der Waals surface area contributed by atoms with Gasteiger partial charge < -0.3 is 10.4 Å². The maximum absolute atomic E-state index is 11.9. The summed E-state index contributed by atoms with van der Waals surface area (Å²) in [6.45, 7) is 3.94. The van der Waals surface area contributed by atoms with E-state index in [1.165, 1.54) is 0 Å². The molecule has 0 bridgehead atoms. The maximum atomic E-state index is 11.9. The van der Waals surface area contributed by atoms with E-state index in [4.69, 9.17) is 5.11 Å². The lowest BCUT2D eigenvalue weighted by Crippen LogP contribution is -2.28. The Hall–Kier alpha value is -1.88. The number of rotatable bonds is 3. The van der Waals surface area contributed by atoms with Crippen molar-refractivity contribution in [3.63, 3.8) is 0 Å².